The number of nitrogens with zero attached hydrogens (tertiary/aromatic N) is 1. The number of oxime groups is 1. The van der Waals surface area contributed by atoms with Crippen LogP contribution in [0.5, 0.6) is 5.75 Å². The summed E-state index contributed by atoms with van der Waals surface area (Å²) in [6.07, 6.45) is 0. The molecule has 0 saturated heterocycles. The monoisotopic (exact) mass is 226 g/mol. The highest BCUT2D eigenvalue weighted by atomic mass is 32.2. The van der Waals surface area contributed by atoms with Gasteiger partial charge in [-0.15, -0.1) is 11.8 Å². The van der Waals surface area contributed by atoms with E-state index in [1.807, 2.05) is 19.1 Å². The van der Waals surface area contributed by atoms with Gasteiger partial charge in [0, 0.05) is 4.90 Å². The number of amidine groups is 1. The summed E-state index contributed by atoms with van der Waals surface area (Å²) in [7, 11) is 1.56. The normalized spacial score (nSPS) is 11.5. The van der Waals surface area contributed by atoms with Crippen LogP contribution in [0.1, 0.15) is 12.5 Å². The van der Waals surface area contributed by atoms with E-state index in [9.17, 15) is 0 Å². The molecule has 0 unspecified atom stereocenters. The minimum atomic E-state index is 0.0726. The van der Waals surface area contributed by atoms with Crippen molar-refractivity contribution < 1.29 is 9.94 Å². The van der Waals surface area contributed by atoms with E-state index in [-0.39, 0.29) is 5.84 Å². The summed E-state index contributed by atoms with van der Waals surface area (Å²) in [5.74, 6) is 1.60. The van der Waals surface area contributed by atoms with E-state index in [0.717, 1.165) is 10.6 Å². The molecule has 1 aromatic carbocycles. The summed E-state index contributed by atoms with van der Waals surface area (Å²) in [4.78, 5) is 0.951. The Balaban J connectivity index is 3.26. The SMILES string of the molecule is CCSc1cccc(OC)c1/C(N)=N/O. The number of benzene rings is 1. The zero-order valence-electron chi connectivity index (χ0n) is 8.73. The highest BCUT2D eigenvalue weighted by Crippen LogP contribution is 2.29. The molecule has 0 aliphatic rings. The predicted molar refractivity (Wildman–Crippen MR) is 61.9 cm³/mol. The molecule has 0 radical (unpaired) electrons. The number of thioether (sulfide) groups is 1. The van der Waals surface area contributed by atoms with Crippen LogP contribution in [-0.4, -0.2) is 23.9 Å². The van der Waals surface area contributed by atoms with E-state index in [0.29, 0.717) is 11.3 Å². The Hall–Kier alpha value is -1.36. The van der Waals surface area contributed by atoms with E-state index in [4.69, 9.17) is 15.7 Å². The van der Waals surface area contributed by atoms with Crippen LogP contribution in [-0.2, 0) is 0 Å². The third-order valence-corrected chi connectivity index (χ3v) is 2.81. The van der Waals surface area contributed by atoms with Gasteiger partial charge in [0.15, 0.2) is 5.84 Å². The fourth-order valence-electron chi connectivity index (χ4n) is 1.26. The number of hydrogen-bond acceptors (Lipinski definition) is 4. The van der Waals surface area contributed by atoms with Crippen molar-refractivity contribution in [2.75, 3.05) is 12.9 Å². The fourth-order valence-corrected chi connectivity index (χ4v) is 2.09. The molecule has 0 aliphatic heterocycles. The molecule has 0 heterocycles. The fraction of sp³-hybridized carbons (Fsp3) is 0.300. The number of nitrogens with two attached hydrogens (primary N) is 1. The summed E-state index contributed by atoms with van der Waals surface area (Å²) in [5, 5.41) is 11.7. The first-order valence-corrected chi connectivity index (χ1v) is 5.50. The maximum atomic E-state index is 8.70. The summed E-state index contributed by atoms with van der Waals surface area (Å²) < 4.78 is 5.17. The molecule has 0 aliphatic carbocycles. The van der Waals surface area contributed by atoms with Crippen LogP contribution < -0.4 is 10.5 Å². The molecule has 5 heteroatoms. The second kappa shape index (κ2) is 5.50. The number of hydrogen-bond donors (Lipinski definition) is 2. The van der Waals surface area contributed by atoms with E-state index in [1.165, 1.54) is 0 Å². The Kier molecular flexibility index (Phi) is 4.30. The molecule has 0 fully saturated rings. The Morgan fingerprint density at radius 1 is 1.60 bits per heavy atom. The maximum Gasteiger partial charge on any atom is 0.174 e. The average molecular weight is 226 g/mol. The lowest BCUT2D eigenvalue weighted by Crippen LogP contribution is -2.15. The van der Waals surface area contributed by atoms with Crippen LogP contribution in [0.3, 0.4) is 0 Å². The second-order valence-corrected chi connectivity index (χ2v) is 4.06. The first kappa shape index (κ1) is 11.7. The molecule has 0 saturated carbocycles. The van der Waals surface area contributed by atoms with Gasteiger partial charge in [-0.2, -0.15) is 0 Å². The summed E-state index contributed by atoms with van der Waals surface area (Å²) in [6.45, 7) is 2.04. The average Bonchev–Trinajstić information content (AvgIpc) is 2.28. The standard InChI is InChI=1S/C10H14N2O2S/c1-3-15-8-6-4-5-7(14-2)9(8)10(11)12-13/h4-6,13H,3H2,1-2H3,(H2,11,12). The van der Waals surface area contributed by atoms with E-state index < -0.39 is 0 Å². The highest BCUT2D eigenvalue weighted by Gasteiger charge is 2.12. The lowest BCUT2D eigenvalue weighted by Gasteiger charge is -2.11. The molecule has 0 atom stereocenters. The predicted octanol–water partition coefficient (Wildman–Crippen LogP) is 1.90. The number of rotatable bonds is 4. The van der Waals surface area contributed by atoms with Gasteiger partial charge in [0.1, 0.15) is 5.75 Å². The molecule has 0 bridgehead atoms. The van der Waals surface area contributed by atoms with E-state index in [2.05, 4.69) is 5.16 Å². The Labute approximate surface area is 93.1 Å². The van der Waals surface area contributed by atoms with E-state index in [1.54, 1.807) is 24.9 Å². The minimum Gasteiger partial charge on any atom is -0.496 e. The molecule has 15 heavy (non-hydrogen) atoms. The maximum absolute atomic E-state index is 8.70. The van der Waals surface area contributed by atoms with Gasteiger partial charge in [-0.25, -0.2) is 0 Å². The molecule has 0 aromatic heterocycles. The van der Waals surface area contributed by atoms with Crippen molar-refractivity contribution in [3.63, 3.8) is 0 Å². The molecule has 1 rings (SSSR count). The molecule has 0 spiro atoms. The van der Waals surface area contributed by atoms with Crippen molar-refractivity contribution in [3.8, 4) is 5.75 Å². The quantitative estimate of drug-likeness (QED) is 0.270. The number of ether oxygens (including phenoxy) is 1. The van der Waals surface area contributed by atoms with Crippen molar-refractivity contribution in [2.24, 2.45) is 10.9 Å². The lowest BCUT2D eigenvalue weighted by molar-refractivity contribution is 0.318. The van der Waals surface area contributed by atoms with Gasteiger partial charge in [-0.1, -0.05) is 18.1 Å². The molecule has 0 amide bonds. The van der Waals surface area contributed by atoms with Gasteiger partial charge in [-0.05, 0) is 17.9 Å². The van der Waals surface area contributed by atoms with Crippen molar-refractivity contribution in [3.05, 3.63) is 23.8 Å². The Bertz CT molecular complexity index is 366. The van der Waals surface area contributed by atoms with Crippen LogP contribution in [0.4, 0.5) is 0 Å². The van der Waals surface area contributed by atoms with Gasteiger partial charge in [0.05, 0.1) is 12.7 Å². The molecular weight excluding hydrogens is 212 g/mol. The Morgan fingerprint density at radius 3 is 2.87 bits per heavy atom. The van der Waals surface area contributed by atoms with Crippen LogP contribution in [0, 0.1) is 0 Å². The summed E-state index contributed by atoms with van der Waals surface area (Å²) in [5.41, 5.74) is 6.26. The van der Waals surface area contributed by atoms with Crippen LogP contribution in [0.2, 0.25) is 0 Å². The molecule has 1 aromatic rings. The van der Waals surface area contributed by atoms with Crippen LogP contribution >= 0.6 is 11.8 Å². The van der Waals surface area contributed by atoms with Gasteiger partial charge >= 0.3 is 0 Å². The Morgan fingerprint density at radius 2 is 2.33 bits per heavy atom. The van der Waals surface area contributed by atoms with Crippen molar-refractivity contribution >= 4 is 17.6 Å². The summed E-state index contributed by atoms with van der Waals surface area (Å²) in [6, 6.07) is 5.59. The molecular formula is C10H14N2O2S. The van der Waals surface area contributed by atoms with E-state index >= 15 is 0 Å². The largest absolute Gasteiger partial charge is 0.496 e. The first-order valence-electron chi connectivity index (χ1n) is 4.52. The number of methoxy groups -OCH3 is 1. The minimum absolute atomic E-state index is 0.0726. The third-order valence-electron chi connectivity index (χ3n) is 1.87. The van der Waals surface area contributed by atoms with Crippen LogP contribution in [0.25, 0.3) is 0 Å². The van der Waals surface area contributed by atoms with Gasteiger partial charge in [0.25, 0.3) is 0 Å². The van der Waals surface area contributed by atoms with Crippen molar-refractivity contribution in [2.45, 2.75) is 11.8 Å². The molecule has 4 nitrogen and oxygen atoms in total. The molecule has 3 N–H and O–H groups in total. The van der Waals surface area contributed by atoms with Crippen LogP contribution in [0.15, 0.2) is 28.3 Å². The topological polar surface area (TPSA) is 67.8 Å². The molecule has 82 valence electrons. The smallest absolute Gasteiger partial charge is 0.174 e. The zero-order chi connectivity index (χ0) is 11.3. The zero-order valence-corrected chi connectivity index (χ0v) is 9.54. The first-order chi connectivity index (χ1) is 7.24. The lowest BCUT2D eigenvalue weighted by atomic mass is 10.2. The van der Waals surface area contributed by atoms with Crippen molar-refractivity contribution in [1.29, 1.82) is 0 Å². The second-order valence-electron chi connectivity index (χ2n) is 2.75. The van der Waals surface area contributed by atoms with Gasteiger partial charge in [0.2, 0.25) is 0 Å². The van der Waals surface area contributed by atoms with Gasteiger partial charge < -0.3 is 15.7 Å². The van der Waals surface area contributed by atoms with Gasteiger partial charge in [-0.3, -0.25) is 0 Å². The third kappa shape index (κ3) is 2.56. The summed E-state index contributed by atoms with van der Waals surface area (Å²) >= 11 is 1.62. The highest BCUT2D eigenvalue weighted by molar-refractivity contribution is 7.99. The van der Waals surface area contributed by atoms with Crippen molar-refractivity contribution in [1.82, 2.24) is 0 Å².